The molecule has 1 heterocycles. The maximum atomic E-state index is 12.4. The molecular weight excluding hydrogens is 288 g/mol. The van der Waals surface area contributed by atoms with Gasteiger partial charge >= 0.3 is 0 Å². The van der Waals surface area contributed by atoms with Crippen molar-refractivity contribution >= 4 is 28.5 Å². The van der Waals surface area contributed by atoms with Crippen LogP contribution in [0.15, 0.2) is 48.5 Å². The molecule has 0 amide bonds. The van der Waals surface area contributed by atoms with Crippen molar-refractivity contribution in [1.82, 2.24) is 9.55 Å². The molecule has 1 aromatic heterocycles. The van der Waals surface area contributed by atoms with Gasteiger partial charge in [-0.2, -0.15) is 0 Å². The Bertz CT molecular complexity index is 794. The van der Waals surface area contributed by atoms with Crippen LogP contribution in [0.3, 0.4) is 0 Å². The van der Waals surface area contributed by atoms with Gasteiger partial charge in [0.2, 0.25) is 0 Å². The topological polar surface area (TPSA) is 44.1 Å². The first-order chi connectivity index (χ1) is 10.1. The summed E-state index contributed by atoms with van der Waals surface area (Å²) in [4.78, 5) is 16.7. The molecule has 0 fully saturated rings. The minimum atomic E-state index is -0.156. The van der Waals surface area contributed by atoms with Crippen molar-refractivity contribution in [2.24, 2.45) is 0 Å². The molecular formula is C16H13ClN2O2. The molecule has 0 saturated carbocycles. The molecule has 0 atom stereocenters. The molecule has 2 aromatic carbocycles. The summed E-state index contributed by atoms with van der Waals surface area (Å²) in [6.07, 6.45) is 0. The van der Waals surface area contributed by atoms with Crippen LogP contribution in [0.2, 0.25) is 5.02 Å². The number of nitrogens with zero attached hydrogens (tertiary/aromatic N) is 2. The average Bonchev–Trinajstić information content (AvgIpc) is 2.82. The summed E-state index contributed by atoms with van der Waals surface area (Å²) in [5, 5.41) is 0.630. The molecule has 106 valence electrons. The molecule has 0 aliphatic rings. The Balaban J connectivity index is 1.81. The molecule has 3 rings (SSSR count). The van der Waals surface area contributed by atoms with E-state index in [1.807, 2.05) is 24.3 Å². The molecule has 3 aromatic rings. The zero-order chi connectivity index (χ0) is 14.8. The van der Waals surface area contributed by atoms with Gasteiger partial charge < -0.3 is 4.74 Å². The standard InChI is InChI=1S/C16H13ClN2O2/c1-11-18-14-4-2-3-5-15(14)19(11)16(20)10-21-13-8-6-12(17)7-9-13/h2-9H,10H2,1H3. The van der Waals surface area contributed by atoms with E-state index in [1.165, 1.54) is 0 Å². The number of carbonyl (C=O) groups is 1. The third kappa shape index (κ3) is 2.76. The summed E-state index contributed by atoms with van der Waals surface area (Å²) in [6, 6.07) is 14.4. The molecule has 5 heteroatoms. The molecule has 0 aliphatic heterocycles. The lowest BCUT2D eigenvalue weighted by Crippen LogP contribution is -2.20. The summed E-state index contributed by atoms with van der Waals surface area (Å²) in [5.74, 6) is 1.10. The maximum Gasteiger partial charge on any atom is 0.270 e. The van der Waals surface area contributed by atoms with Crippen molar-refractivity contribution in [3.8, 4) is 5.75 Å². The second-order valence-corrected chi connectivity index (χ2v) is 5.06. The summed E-state index contributed by atoms with van der Waals surface area (Å²) in [5.41, 5.74) is 1.59. The molecule has 0 bridgehead atoms. The van der Waals surface area contributed by atoms with Gasteiger partial charge in [0.15, 0.2) is 6.61 Å². The van der Waals surface area contributed by atoms with Crippen molar-refractivity contribution in [3.05, 3.63) is 59.4 Å². The highest BCUT2D eigenvalue weighted by Crippen LogP contribution is 2.17. The molecule has 0 unspecified atom stereocenters. The monoisotopic (exact) mass is 300 g/mol. The predicted octanol–water partition coefficient (Wildman–Crippen LogP) is 3.72. The smallest absolute Gasteiger partial charge is 0.270 e. The number of hydrogen-bond acceptors (Lipinski definition) is 3. The van der Waals surface area contributed by atoms with E-state index >= 15 is 0 Å². The van der Waals surface area contributed by atoms with E-state index in [4.69, 9.17) is 16.3 Å². The number of fused-ring (bicyclic) bond motifs is 1. The molecule has 0 saturated heterocycles. The van der Waals surface area contributed by atoms with E-state index in [0.717, 1.165) is 11.0 Å². The molecule has 0 N–H and O–H groups in total. The molecule has 0 spiro atoms. The lowest BCUT2D eigenvalue weighted by atomic mass is 10.3. The van der Waals surface area contributed by atoms with Crippen LogP contribution in [0.25, 0.3) is 11.0 Å². The predicted molar refractivity (Wildman–Crippen MR) is 82.0 cm³/mol. The minimum absolute atomic E-state index is 0.0528. The molecule has 0 aliphatic carbocycles. The van der Waals surface area contributed by atoms with Crippen molar-refractivity contribution in [3.63, 3.8) is 0 Å². The highest BCUT2D eigenvalue weighted by Gasteiger charge is 2.14. The third-order valence-electron chi connectivity index (χ3n) is 3.15. The number of rotatable bonds is 3. The summed E-state index contributed by atoms with van der Waals surface area (Å²) >= 11 is 5.81. The number of carbonyl (C=O) groups excluding carboxylic acids is 1. The van der Waals surface area contributed by atoms with Crippen LogP contribution in [-0.4, -0.2) is 22.1 Å². The lowest BCUT2D eigenvalue weighted by molar-refractivity contribution is 0.0840. The zero-order valence-electron chi connectivity index (χ0n) is 11.4. The van der Waals surface area contributed by atoms with E-state index < -0.39 is 0 Å². The second-order valence-electron chi connectivity index (χ2n) is 4.62. The zero-order valence-corrected chi connectivity index (χ0v) is 12.2. The van der Waals surface area contributed by atoms with Gasteiger partial charge in [0.1, 0.15) is 11.6 Å². The number of para-hydroxylation sites is 2. The first-order valence-corrected chi connectivity index (χ1v) is 6.88. The van der Waals surface area contributed by atoms with E-state index in [1.54, 1.807) is 35.8 Å². The van der Waals surface area contributed by atoms with Gasteiger partial charge in [0.05, 0.1) is 11.0 Å². The van der Waals surface area contributed by atoms with Crippen LogP contribution < -0.4 is 4.74 Å². The van der Waals surface area contributed by atoms with Crippen LogP contribution in [0.5, 0.6) is 5.75 Å². The van der Waals surface area contributed by atoms with Gasteiger partial charge in [-0.25, -0.2) is 4.98 Å². The number of imidazole rings is 1. The fourth-order valence-corrected chi connectivity index (χ4v) is 2.33. The Labute approximate surface area is 126 Å². The minimum Gasteiger partial charge on any atom is -0.484 e. The first-order valence-electron chi connectivity index (χ1n) is 6.51. The van der Waals surface area contributed by atoms with Gasteiger partial charge in [-0.15, -0.1) is 0 Å². The number of aromatic nitrogens is 2. The van der Waals surface area contributed by atoms with Crippen LogP contribution in [-0.2, 0) is 0 Å². The number of aryl methyl sites for hydroxylation is 1. The maximum absolute atomic E-state index is 12.4. The Kier molecular flexibility index (Phi) is 3.62. The van der Waals surface area contributed by atoms with Gasteiger partial charge in [0.25, 0.3) is 5.91 Å². The highest BCUT2D eigenvalue weighted by molar-refractivity contribution is 6.30. The van der Waals surface area contributed by atoms with Gasteiger partial charge in [-0.3, -0.25) is 9.36 Å². The first kappa shape index (κ1) is 13.6. The fraction of sp³-hybridized carbons (Fsp3) is 0.125. The van der Waals surface area contributed by atoms with Crippen LogP contribution in [0, 0.1) is 6.92 Å². The van der Waals surface area contributed by atoms with Crippen molar-refractivity contribution in [1.29, 1.82) is 0 Å². The summed E-state index contributed by atoms with van der Waals surface area (Å²) in [6.45, 7) is 1.75. The molecule has 0 radical (unpaired) electrons. The number of halogens is 1. The van der Waals surface area contributed by atoms with Gasteiger partial charge in [0, 0.05) is 5.02 Å². The Morgan fingerprint density at radius 1 is 1.19 bits per heavy atom. The van der Waals surface area contributed by atoms with E-state index in [9.17, 15) is 4.79 Å². The number of hydrogen-bond donors (Lipinski definition) is 0. The van der Waals surface area contributed by atoms with Crippen molar-refractivity contribution in [2.75, 3.05) is 6.61 Å². The fourth-order valence-electron chi connectivity index (χ4n) is 2.20. The summed E-state index contributed by atoms with van der Waals surface area (Å²) < 4.78 is 7.07. The van der Waals surface area contributed by atoms with Crippen molar-refractivity contribution in [2.45, 2.75) is 6.92 Å². The Hall–Kier alpha value is -2.33. The highest BCUT2D eigenvalue weighted by atomic mass is 35.5. The van der Waals surface area contributed by atoms with Crippen LogP contribution >= 0.6 is 11.6 Å². The van der Waals surface area contributed by atoms with Crippen LogP contribution in [0.1, 0.15) is 10.6 Å². The summed E-state index contributed by atoms with van der Waals surface area (Å²) in [7, 11) is 0. The quantitative estimate of drug-likeness (QED) is 0.740. The Morgan fingerprint density at radius 3 is 2.67 bits per heavy atom. The molecule has 4 nitrogen and oxygen atoms in total. The number of ether oxygens (including phenoxy) is 1. The molecule has 21 heavy (non-hydrogen) atoms. The largest absolute Gasteiger partial charge is 0.484 e. The second kappa shape index (κ2) is 5.58. The number of benzene rings is 2. The van der Waals surface area contributed by atoms with Gasteiger partial charge in [-0.05, 0) is 43.3 Å². The average molecular weight is 301 g/mol. The van der Waals surface area contributed by atoms with E-state index in [0.29, 0.717) is 16.6 Å². The van der Waals surface area contributed by atoms with Crippen molar-refractivity contribution < 1.29 is 9.53 Å². The van der Waals surface area contributed by atoms with E-state index in [2.05, 4.69) is 4.98 Å². The van der Waals surface area contributed by atoms with Crippen LogP contribution in [0.4, 0.5) is 0 Å². The van der Waals surface area contributed by atoms with E-state index in [-0.39, 0.29) is 12.5 Å². The third-order valence-corrected chi connectivity index (χ3v) is 3.41. The normalized spacial score (nSPS) is 10.8. The Morgan fingerprint density at radius 2 is 1.90 bits per heavy atom. The SMILES string of the molecule is Cc1nc2ccccc2n1C(=O)COc1ccc(Cl)cc1. The lowest BCUT2D eigenvalue weighted by Gasteiger charge is -2.08. The van der Waals surface area contributed by atoms with Gasteiger partial charge in [-0.1, -0.05) is 23.7 Å².